The number of carboxylic acids is 1. The molecule has 0 saturated carbocycles. The van der Waals surface area contributed by atoms with Crippen LogP contribution in [0.4, 0.5) is 5.69 Å². The van der Waals surface area contributed by atoms with Crippen molar-refractivity contribution < 1.29 is 18.3 Å². The van der Waals surface area contributed by atoms with Crippen molar-refractivity contribution in [3.8, 4) is 0 Å². The Morgan fingerprint density at radius 1 is 0.913 bits per heavy atom. The Bertz CT molecular complexity index is 865. The van der Waals surface area contributed by atoms with Gasteiger partial charge in [-0.25, -0.2) is 13.2 Å². The molecule has 0 bridgehead atoms. The van der Waals surface area contributed by atoms with Gasteiger partial charge in [-0.3, -0.25) is 4.72 Å². The average Bonchev–Trinajstić information content (AvgIpc) is 2.35. The quantitative estimate of drug-likeness (QED) is 0.898. The topological polar surface area (TPSA) is 83.5 Å². The largest absolute Gasteiger partial charge is 0.478 e. The maximum Gasteiger partial charge on any atom is 0.335 e. The second-order valence-electron chi connectivity index (χ2n) is 5.72. The molecule has 0 unspecified atom stereocenters. The SMILES string of the molecule is Cc1cc(C)cc(NS(=O)(=O)c2cc(C(=O)O)c(C)cc2C)c1. The van der Waals surface area contributed by atoms with Gasteiger partial charge in [-0.1, -0.05) is 12.1 Å². The fourth-order valence-electron chi connectivity index (χ4n) is 2.60. The zero-order valence-electron chi connectivity index (χ0n) is 13.5. The van der Waals surface area contributed by atoms with E-state index in [0.29, 0.717) is 16.8 Å². The molecule has 23 heavy (non-hydrogen) atoms. The fraction of sp³-hybridized carbons (Fsp3) is 0.235. The van der Waals surface area contributed by atoms with E-state index in [9.17, 15) is 18.3 Å². The Morgan fingerprint density at radius 3 is 2.00 bits per heavy atom. The maximum atomic E-state index is 12.6. The van der Waals surface area contributed by atoms with E-state index in [0.717, 1.165) is 11.1 Å². The molecule has 0 aromatic heterocycles. The third kappa shape index (κ3) is 3.71. The molecule has 2 rings (SSSR count). The molecule has 0 atom stereocenters. The number of aryl methyl sites for hydroxylation is 4. The standard InChI is InChI=1S/C17H19NO4S/c1-10-5-11(2)7-14(6-10)18-23(21,22)16-9-15(17(19)20)12(3)8-13(16)4/h5-9,18H,1-4H3,(H,19,20). The molecule has 5 nitrogen and oxygen atoms in total. The first-order valence-electron chi connectivity index (χ1n) is 7.06. The van der Waals surface area contributed by atoms with Gasteiger partial charge >= 0.3 is 5.97 Å². The van der Waals surface area contributed by atoms with Gasteiger partial charge in [0.05, 0.1) is 10.5 Å². The number of sulfonamides is 1. The van der Waals surface area contributed by atoms with Crippen LogP contribution >= 0.6 is 0 Å². The molecule has 2 N–H and O–H groups in total. The molecule has 0 heterocycles. The van der Waals surface area contributed by atoms with E-state index in [1.54, 1.807) is 32.0 Å². The normalized spacial score (nSPS) is 11.3. The van der Waals surface area contributed by atoms with Crippen LogP contribution < -0.4 is 4.72 Å². The summed E-state index contributed by atoms with van der Waals surface area (Å²) >= 11 is 0. The van der Waals surface area contributed by atoms with Crippen LogP contribution in [0.25, 0.3) is 0 Å². The van der Waals surface area contributed by atoms with Crippen molar-refractivity contribution in [1.29, 1.82) is 0 Å². The Kier molecular flexibility index (Phi) is 4.47. The van der Waals surface area contributed by atoms with E-state index in [4.69, 9.17) is 0 Å². The minimum atomic E-state index is -3.86. The molecule has 2 aromatic rings. The number of rotatable bonds is 4. The molecule has 0 saturated heterocycles. The van der Waals surface area contributed by atoms with E-state index in [-0.39, 0.29) is 10.5 Å². The molecular formula is C17H19NO4S. The summed E-state index contributed by atoms with van der Waals surface area (Å²) in [5, 5.41) is 9.19. The molecule has 0 aliphatic rings. The maximum absolute atomic E-state index is 12.6. The van der Waals surface area contributed by atoms with Crippen molar-refractivity contribution in [2.45, 2.75) is 32.6 Å². The highest BCUT2D eigenvalue weighted by Gasteiger charge is 2.21. The molecule has 0 fully saturated rings. The second-order valence-corrected chi connectivity index (χ2v) is 7.37. The third-order valence-electron chi connectivity index (χ3n) is 3.52. The molecule has 0 aliphatic carbocycles. The lowest BCUT2D eigenvalue weighted by Gasteiger charge is -2.13. The van der Waals surface area contributed by atoms with Gasteiger partial charge in [0.1, 0.15) is 0 Å². The van der Waals surface area contributed by atoms with Crippen LogP contribution in [0.3, 0.4) is 0 Å². The monoisotopic (exact) mass is 333 g/mol. The lowest BCUT2D eigenvalue weighted by Crippen LogP contribution is -2.16. The number of carboxylic acid groups (broad SMARTS) is 1. The first-order chi connectivity index (χ1) is 10.6. The van der Waals surface area contributed by atoms with Crippen LogP contribution in [-0.2, 0) is 10.0 Å². The molecule has 0 amide bonds. The van der Waals surface area contributed by atoms with Crippen LogP contribution in [0.1, 0.15) is 32.6 Å². The van der Waals surface area contributed by atoms with E-state index in [2.05, 4.69) is 4.72 Å². The lowest BCUT2D eigenvalue weighted by atomic mass is 10.1. The Labute approximate surface area is 136 Å². The Balaban J connectivity index is 2.51. The van der Waals surface area contributed by atoms with E-state index in [1.807, 2.05) is 19.9 Å². The minimum Gasteiger partial charge on any atom is -0.478 e. The predicted molar refractivity (Wildman–Crippen MR) is 89.6 cm³/mol. The Hall–Kier alpha value is -2.34. The second kappa shape index (κ2) is 6.04. The van der Waals surface area contributed by atoms with E-state index < -0.39 is 16.0 Å². The molecule has 0 radical (unpaired) electrons. The number of carbonyl (C=O) groups is 1. The summed E-state index contributed by atoms with van der Waals surface area (Å²) in [4.78, 5) is 11.2. The highest BCUT2D eigenvalue weighted by atomic mass is 32.2. The van der Waals surface area contributed by atoms with E-state index in [1.165, 1.54) is 6.07 Å². The zero-order valence-corrected chi connectivity index (χ0v) is 14.3. The van der Waals surface area contributed by atoms with Crippen molar-refractivity contribution in [3.63, 3.8) is 0 Å². The summed E-state index contributed by atoms with van der Waals surface area (Å²) in [6.45, 7) is 7.05. The van der Waals surface area contributed by atoms with Crippen molar-refractivity contribution in [2.24, 2.45) is 0 Å². The summed E-state index contributed by atoms with van der Waals surface area (Å²) in [5.41, 5.74) is 3.35. The van der Waals surface area contributed by atoms with Gasteiger partial charge in [0, 0.05) is 5.69 Å². The first kappa shape index (κ1) is 17.0. The first-order valence-corrected chi connectivity index (χ1v) is 8.54. The van der Waals surface area contributed by atoms with Crippen molar-refractivity contribution in [1.82, 2.24) is 0 Å². The van der Waals surface area contributed by atoms with Crippen LogP contribution in [0, 0.1) is 27.7 Å². The Morgan fingerprint density at radius 2 is 1.48 bits per heavy atom. The van der Waals surface area contributed by atoms with Crippen molar-refractivity contribution >= 4 is 21.7 Å². The van der Waals surface area contributed by atoms with Gasteiger partial charge in [-0.15, -0.1) is 0 Å². The van der Waals surface area contributed by atoms with Crippen LogP contribution in [0.2, 0.25) is 0 Å². The van der Waals surface area contributed by atoms with E-state index >= 15 is 0 Å². The lowest BCUT2D eigenvalue weighted by molar-refractivity contribution is 0.0696. The molecule has 6 heteroatoms. The van der Waals surface area contributed by atoms with Gasteiger partial charge in [0.25, 0.3) is 10.0 Å². The number of hydrogen-bond acceptors (Lipinski definition) is 3. The van der Waals surface area contributed by atoms with Gasteiger partial charge in [0.15, 0.2) is 0 Å². The highest BCUT2D eigenvalue weighted by molar-refractivity contribution is 7.92. The van der Waals surface area contributed by atoms with Gasteiger partial charge < -0.3 is 5.11 Å². The fourth-order valence-corrected chi connectivity index (χ4v) is 3.89. The number of hydrogen-bond donors (Lipinski definition) is 2. The number of nitrogens with one attached hydrogen (secondary N) is 1. The minimum absolute atomic E-state index is 0.0172. The van der Waals surface area contributed by atoms with Crippen LogP contribution in [-0.4, -0.2) is 19.5 Å². The summed E-state index contributed by atoms with van der Waals surface area (Å²) in [6.07, 6.45) is 0. The molecule has 2 aromatic carbocycles. The number of anilines is 1. The van der Waals surface area contributed by atoms with Crippen molar-refractivity contribution in [2.75, 3.05) is 4.72 Å². The third-order valence-corrected chi connectivity index (χ3v) is 5.04. The number of benzene rings is 2. The van der Waals surface area contributed by atoms with Gasteiger partial charge in [-0.2, -0.15) is 0 Å². The van der Waals surface area contributed by atoms with Crippen LogP contribution in [0.5, 0.6) is 0 Å². The summed E-state index contributed by atoms with van der Waals surface area (Å²) in [6, 6.07) is 8.17. The molecule has 0 spiro atoms. The van der Waals surface area contributed by atoms with Gasteiger partial charge in [-0.05, 0) is 68.1 Å². The summed E-state index contributed by atoms with van der Waals surface area (Å²) < 4.78 is 27.8. The average molecular weight is 333 g/mol. The summed E-state index contributed by atoms with van der Waals surface area (Å²) in [7, 11) is -3.86. The zero-order chi connectivity index (χ0) is 17.4. The molecular weight excluding hydrogens is 314 g/mol. The summed E-state index contributed by atoms with van der Waals surface area (Å²) in [5.74, 6) is -1.15. The number of aromatic carboxylic acids is 1. The molecule has 122 valence electrons. The predicted octanol–water partition coefficient (Wildman–Crippen LogP) is 3.42. The molecule has 0 aliphatic heterocycles. The van der Waals surface area contributed by atoms with Crippen molar-refractivity contribution in [3.05, 3.63) is 58.1 Å². The highest BCUT2D eigenvalue weighted by Crippen LogP contribution is 2.24. The smallest absolute Gasteiger partial charge is 0.335 e. The van der Waals surface area contributed by atoms with Crippen LogP contribution in [0.15, 0.2) is 35.2 Å². The van der Waals surface area contributed by atoms with Gasteiger partial charge in [0.2, 0.25) is 0 Å².